The lowest BCUT2D eigenvalue weighted by Gasteiger charge is -2.20. The van der Waals surface area contributed by atoms with Gasteiger partial charge in [-0.3, -0.25) is 9.59 Å². The minimum atomic E-state index is -0.497. The second kappa shape index (κ2) is 4.53. The molecule has 1 aliphatic heterocycles. The van der Waals surface area contributed by atoms with Gasteiger partial charge in [-0.2, -0.15) is 0 Å². The van der Waals surface area contributed by atoms with Crippen molar-refractivity contribution < 1.29 is 19.1 Å². The summed E-state index contributed by atoms with van der Waals surface area (Å²) in [6, 6.07) is 0. The molecule has 1 heterocycles. The van der Waals surface area contributed by atoms with Crippen LogP contribution in [-0.2, 0) is 19.1 Å². The van der Waals surface area contributed by atoms with E-state index in [2.05, 4.69) is 0 Å². The first-order valence-electron chi connectivity index (χ1n) is 5.62. The number of esters is 1. The number of rotatable bonds is 4. The molecule has 1 saturated heterocycles. The number of epoxide rings is 1. The fourth-order valence-electron chi connectivity index (χ4n) is 1.50. The second-order valence-corrected chi connectivity index (χ2v) is 5.36. The first-order valence-corrected chi connectivity index (χ1v) is 5.62. The maximum absolute atomic E-state index is 11.7. The van der Waals surface area contributed by atoms with E-state index in [1.54, 1.807) is 6.92 Å². The Bertz CT molecular complexity index is 290. The third kappa shape index (κ3) is 3.93. The summed E-state index contributed by atoms with van der Waals surface area (Å²) >= 11 is 0. The molecule has 0 aromatic rings. The molecule has 1 fully saturated rings. The SMILES string of the molecule is CC1OC1C(=O)[C@H](C)CC(=O)OC(C)(C)C. The van der Waals surface area contributed by atoms with Crippen molar-refractivity contribution in [1.82, 2.24) is 0 Å². The standard InChI is InChI=1S/C12H20O4/c1-7(10(14)11-8(2)15-11)6-9(13)16-12(3,4)5/h7-8,11H,6H2,1-5H3/t7-,8?,11?/m1/s1. The van der Waals surface area contributed by atoms with Gasteiger partial charge in [0.1, 0.15) is 11.7 Å². The van der Waals surface area contributed by atoms with Gasteiger partial charge in [0, 0.05) is 5.92 Å². The highest BCUT2D eigenvalue weighted by Gasteiger charge is 2.43. The number of ketones is 1. The van der Waals surface area contributed by atoms with E-state index in [0.717, 1.165) is 0 Å². The normalized spacial score (nSPS) is 26.1. The number of Topliss-reactive ketones (excluding diaryl/α,β-unsaturated/α-hetero) is 1. The van der Waals surface area contributed by atoms with Crippen LogP contribution in [0.5, 0.6) is 0 Å². The summed E-state index contributed by atoms with van der Waals surface area (Å²) in [5.74, 6) is -0.662. The molecule has 1 rings (SSSR count). The van der Waals surface area contributed by atoms with Gasteiger partial charge >= 0.3 is 5.97 Å². The molecule has 0 aromatic carbocycles. The zero-order chi connectivity index (χ0) is 12.5. The molecule has 0 radical (unpaired) electrons. The quantitative estimate of drug-likeness (QED) is 0.543. The topological polar surface area (TPSA) is 55.9 Å². The number of carbonyl (C=O) groups is 2. The van der Waals surface area contributed by atoms with Crippen LogP contribution in [0.15, 0.2) is 0 Å². The molecular weight excluding hydrogens is 208 g/mol. The molecule has 92 valence electrons. The molecule has 0 N–H and O–H groups in total. The maximum Gasteiger partial charge on any atom is 0.307 e. The molecular formula is C12H20O4. The van der Waals surface area contributed by atoms with Crippen molar-refractivity contribution in [1.29, 1.82) is 0 Å². The van der Waals surface area contributed by atoms with E-state index in [1.807, 2.05) is 27.7 Å². The average Bonchev–Trinajstić information content (AvgIpc) is 2.77. The van der Waals surface area contributed by atoms with Crippen LogP contribution >= 0.6 is 0 Å². The molecule has 0 amide bonds. The van der Waals surface area contributed by atoms with Crippen LogP contribution in [0.2, 0.25) is 0 Å². The molecule has 2 unspecified atom stereocenters. The predicted molar refractivity (Wildman–Crippen MR) is 59.0 cm³/mol. The minimum Gasteiger partial charge on any atom is -0.460 e. The average molecular weight is 228 g/mol. The Morgan fingerprint density at radius 3 is 2.25 bits per heavy atom. The van der Waals surface area contributed by atoms with Crippen LogP contribution in [0.1, 0.15) is 41.0 Å². The highest BCUT2D eigenvalue weighted by Crippen LogP contribution is 2.26. The van der Waals surface area contributed by atoms with Gasteiger partial charge in [-0.05, 0) is 27.7 Å². The van der Waals surface area contributed by atoms with E-state index in [9.17, 15) is 9.59 Å². The van der Waals surface area contributed by atoms with Crippen LogP contribution < -0.4 is 0 Å². The molecule has 4 nitrogen and oxygen atoms in total. The van der Waals surface area contributed by atoms with E-state index in [4.69, 9.17) is 9.47 Å². The largest absolute Gasteiger partial charge is 0.460 e. The van der Waals surface area contributed by atoms with Gasteiger partial charge in [-0.25, -0.2) is 0 Å². The molecule has 0 aromatic heterocycles. The number of hydrogen-bond acceptors (Lipinski definition) is 4. The summed E-state index contributed by atoms with van der Waals surface area (Å²) in [6.45, 7) is 9.01. The van der Waals surface area contributed by atoms with Crippen LogP contribution in [0.3, 0.4) is 0 Å². The van der Waals surface area contributed by atoms with Crippen LogP contribution in [0.4, 0.5) is 0 Å². The molecule has 4 heteroatoms. The monoisotopic (exact) mass is 228 g/mol. The Morgan fingerprint density at radius 1 is 1.38 bits per heavy atom. The van der Waals surface area contributed by atoms with Crippen LogP contribution in [-0.4, -0.2) is 29.6 Å². The van der Waals surface area contributed by atoms with Crippen molar-refractivity contribution in [3.8, 4) is 0 Å². The van der Waals surface area contributed by atoms with E-state index >= 15 is 0 Å². The van der Waals surface area contributed by atoms with Crippen molar-refractivity contribution in [3.05, 3.63) is 0 Å². The summed E-state index contributed by atoms with van der Waals surface area (Å²) < 4.78 is 10.2. The van der Waals surface area contributed by atoms with E-state index in [1.165, 1.54) is 0 Å². The Kier molecular flexibility index (Phi) is 3.73. The zero-order valence-corrected chi connectivity index (χ0v) is 10.6. The van der Waals surface area contributed by atoms with Gasteiger partial charge in [0.25, 0.3) is 0 Å². The van der Waals surface area contributed by atoms with Gasteiger partial charge in [-0.15, -0.1) is 0 Å². The third-order valence-electron chi connectivity index (χ3n) is 2.37. The molecule has 1 aliphatic rings. The summed E-state index contributed by atoms with van der Waals surface area (Å²) in [4.78, 5) is 23.2. The van der Waals surface area contributed by atoms with E-state index < -0.39 is 5.60 Å². The number of carbonyl (C=O) groups excluding carboxylic acids is 2. The predicted octanol–water partition coefficient (Wildman–Crippen LogP) is 1.71. The second-order valence-electron chi connectivity index (χ2n) is 5.36. The summed E-state index contributed by atoms with van der Waals surface area (Å²) in [5.41, 5.74) is -0.497. The first kappa shape index (κ1) is 13.2. The molecule has 16 heavy (non-hydrogen) atoms. The molecule has 3 atom stereocenters. The van der Waals surface area contributed by atoms with E-state index in [-0.39, 0.29) is 36.3 Å². The van der Waals surface area contributed by atoms with Gasteiger partial charge in [0.2, 0.25) is 0 Å². The Labute approximate surface area is 96.3 Å². The van der Waals surface area contributed by atoms with Crippen molar-refractivity contribution in [2.75, 3.05) is 0 Å². The smallest absolute Gasteiger partial charge is 0.307 e. The van der Waals surface area contributed by atoms with Crippen LogP contribution in [0, 0.1) is 5.92 Å². The van der Waals surface area contributed by atoms with Crippen molar-refractivity contribution in [2.24, 2.45) is 5.92 Å². The number of ether oxygens (including phenoxy) is 2. The lowest BCUT2D eigenvalue weighted by Crippen LogP contribution is -2.27. The van der Waals surface area contributed by atoms with Crippen molar-refractivity contribution in [3.63, 3.8) is 0 Å². The third-order valence-corrected chi connectivity index (χ3v) is 2.37. The minimum absolute atomic E-state index is 0.00152. The highest BCUT2D eigenvalue weighted by atomic mass is 16.6. The molecule has 0 spiro atoms. The van der Waals surface area contributed by atoms with Crippen molar-refractivity contribution >= 4 is 11.8 Å². The van der Waals surface area contributed by atoms with Crippen molar-refractivity contribution in [2.45, 2.75) is 58.8 Å². The fraction of sp³-hybridized carbons (Fsp3) is 0.833. The lowest BCUT2D eigenvalue weighted by atomic mass is 9.99. The van der Waals surface area contributed by atoms with Gasteiger partial charge in [0.05, 0.1) is 12.5 Å². The Hall–Kier alpha value is -0.900. The Balaban J connectivity index is 2.36. The summed E-state index contributed by atoms with van der Waals surface area (Å²) in [5, 5.41) is 0. The number of hydrogen-bond donors (Lipinski definition) is 0. The lowest BCUT2D eigenvalue weighted by molar-refractivity contribution is -0.157. The highest BCUT2D eigenvalue weighted by molar-refractivity contribution is 5.90. The van der Waals surface area contributed by atoms with Gasteiger partial charge in [-0.1, -0.05) is 6.92 Å². The molecule has 0 bridgehead atoms. The fourth-order valence-corrected chi connectivity index (χ4v) is 1.50. The van der Waals surface area contributed by atoms with Gasteiger partial charge in [0.15, 0.2) is 5.78 Å². The summed E-state index contributed by atoms with van der Waals surface area (Å²) in [6.07, 6.45) is -0.172. The zero-order valence-electron chi connectivity index (χ0n) is 10.6. The van der Waals surface area contributed by atoms with E-state index in [0.29, 0.717) is 0 Å². The Morgan fingerprint density at radius 2 is 1.88 bits per heavy atom. The molecule has 0 saturated carbocycles. The summed E-state index contributed by atoms with van der Waals surface area (Å²) in [7, 11) is 0. The van der Waals surface area contributed by atoms with Crippen LogP contribution in [0.25, 0.3) is 0 Å². The molecule has 0 aliphatic carbocycles. The maximum atomic E-state index is 11.7. The first-order chi connectivity index (χ1) is 7.20. The van der Waals surface area contributed by atoms with Gasteiger partial charge < -0.3 is 9.47 Å².